The summed E-state index contributed by atoms with van der Waals surface area (Å²) in [6.45, 7) is 6.70. The van der Waals surface area contributed by atoms with Crippen molar-refractivity contribution in [2.45, 2.75) is 52.0 Å². The van der Waals surface area contributed by atoms with Gasteiger partial charge in [-0.1, -0.05) is 32.4 Å². The van der Waals surface area contributed by atoms with Crippen LogP contribution in [0.1, 0.15) is 45.1 Å². The van der Waals surface area contributed by atoms with E-state index in [4.69, 9.17) is 0 Å². The number of hydrogen-bond donors (Lipinski definition) is 2. The third-order valence-electron chi connectivity index (χ3n) is 5.68. The number of rotatable bonds is 6. The lowest BCUT2D eigenvalue weighted by atomic mass is 9.94. The molecule has 2 heterocycles. The summed E-state index contributed by atoms with van der Waals surface area (Å²) < 4.78 is 0. The van der Waals surface area contributed by atoms with Gasteiger partial charge in [0.15, 0.2) is 0 Å². The van der Waals surface area contributed by atoms with Crippen molar-refractivity contribution in [3.05, 3.63) is 29.8 Å². The fourth-order valence-corrected chi connectivity index (χ4v) is 3.89. The molecule has 2 N–H and O–H groups in total. The maximum atomic E-state index is 12.6. The van der Waals surface area contributed by atoms with Crippen molar-refractivity contribution in [3.63, 3.8) is 0 Å². The molecule has 1 aromatic rings. The molecule has 3 unspecified atom stereocenters. The number of nitrogens with one attached hydrogen (secondary N) is 2. The molecule has 2 aliphatic rings. The SMILES string of the molecule is CCCCc1ccc(N2CC(C(=O)NC3CCNCC3C)CC2=O)cc1.Cl. The Morgan fingerprint density at radius 2 is 2.04 bits per heavy atom. The fourth-order valence-electron chi connectivity index (χ4n) is 3.89. The molecule has 2 saturated heterocycles. The number of carbonyl (C=O) groups excluding carboxylic acids is 2. The largest absolute Gasteiger partial charge is 0.353 e. The lowest BCUT2D eigenvalue weighted by Gasteiger charge is -2.31. The molecule has 0 bridgehead atoms. The van der Waals surface area contributed by atoms with Gasteiger partial charge in [-0.15, -0.1) is 12.4 Å². The second-order valence-corrected chi connectivity index (χ2v) is 7.76. The van der Waals surface area contributed by atoms with E-state index in [0.717, 1.165) is 31.6 Å². The van der Waals surface area contributed by atoms with E-state index >= 15 is 0 Å². The average molecular weight is 394 g/mol. The van der Waals surface area contributed by atoms with Crippen molar-refractivity contribution in [1.29, 1.82) is 0 Å². The highest BCUT2D eigenvalue weighted by Crippen LogP contribution is 2.26. The van der Waals surface area contributed by atoms with E-state index in [1.165, 1.54) is 18.4 Å². The van der Waals surface area contributed by atoms with Crippen LogP contribution in [0.5, 0.6) is 0 Å². The Balaban J connectivity index is 0.00000261. The molecule has 1 aromatic carbocycles. The zero-order valence-electron chi connectivity index (χ0n) is 16.4. The van der Waals surface area contributed by atoms with Gasteiger partial charge < -0.3 is 15.5 Å². The smallest absolute Gasteiger partial charge is 0.227 e. The first-order valence-electron chi connectivity index (χ1n) is 9.99. The van der Waals surface area contributed by atoms with Gasteiger partial charge >= 0.3 is 0 Å². The van der Waals surface area contributed by atoms with E-state index in [1.54, 1.807) is 4.90 Å². The van der Waals surface area contributed by atoms with Gasteiger partial charge in [-0.2, -0.15) is 0 Å². The molecular formula is C21H32ClN3O2. The number of piperidine rings is 1. The minimum Gasteiger partial charge on any atom is -0.353 e. The van der Waals surface area contributed by atoms with E-state index in [0.29, 0.717) is 18.9 Å². The van der Waals surface area contributed by atoms with Crippen LogP contribution in [0, 0.1) is 11.8 Å². The van der Waals surface area contributed by atoms with Crippen LogP contribution >= 0.6 is 12.4 Å². The van der Waals surface area contributed by atoms with Gasteiger partial charge in [-0.25, -0.2) is 0 Å². The van der Waals surface area contributed by atoms with Crippen molar-refractivity contribution in [1.82, 2.24) is 10.6 Å². The summed E-state index contributed by atoms with van der Waals surface area (Å²) in [4.78, 5) is 26.8. The summed E-state index contributed by atoms with van der Waals surface area (Å²) in [5.41, 5.74) is 2.21. The third-order valence-corrected chi connectivity index (χ3v) is 5.68. The average Bonchev–Trinajstić information content (AvgIpc) is 3.04. The number of halogens is 1. The number of carbonyl (C=O) groups is 2. The van der Waals surface area contributed by atoms with Crippen molar-refractivity contribution < 1.29 is 9.59 Å². The molecule has 2 amide bonds. The Morgan fingerprint density at radius 3 is 2.70 bits per heavy atom. The molecule has 27 heavy (non-hydrogen) atoms. The van der Waals surface area contributed by atoms with E-state index in [-0.39, 0.29) is 36.2 Å². The van der Waals surface area contributed by atoms with Crippen molar-refractivity contribution in [2.24, 2.45) is 11.8 Å². The summed E-state index contributed by atoms with van der Waals surface area (Å²) in [5, 5.41) is 6.52. The molecule has 3 atom stereocenters. The Kier molecular flexibility index (Phi) is 8.11. The molecule has 0 radical (unpaired) electrons. The highest BCUT2D eigenvalue weighted by molar-refractivity contribution is 6.00. The molecule has 5 nitrogen and oxygen atoms in total. The molecular weight excluding hydrogens is 362 g/mol. The summed E-state index contributed by atoms with van der Waals surface area (Å²) in [5.74, 6) is 0.255. The number of unbranched alkanes of at least 4 members (excludes halogenated alkanes) is 1. The van der Waals surface area contributed by atoms with Crippen molar-refractivity contribution >= 4 is 29.9 Å². The van der Waals surface area contributed by atoms with Gasteiger partial charge in [-0.05, 0) is 56.0 Å². The topological polar surface area (TPSA) is 61.4 Å². The minimum absolute atomic E-state index is 0. The highest BCUT2D eigenvalue weighted by Gasteiger charge is 2.36. The molecule has 3 rings (SSSR count). The number of nitrogens with zero attached hydrogens (tertiary/aromatic N) is 1. The number of benzene rings is 1. The predicted molar refractivity (Wildman–Crippen MR) is 111 cm³/mol. The summed E-state index contributed by atoms with van der Waals surface area (Å²) in [6, 6.07) is 8.44. The van der Waals surface area contributed by atoms with Crippen molar-refractivity contribution in [3.8, 4) is 0 Å². The zero-order chi connectivity index (χ0) is 18.5. The van der Waals surface area contributed by atoms with Crippen LogP contribution in [0.2, 0.25) is 0 Å². The Hall–Kier alpha value is -1.59. The Labute approximate surface area is 168 Å². The number of hydrogen-bond acceptors (Lipinski definition) is 3. The van der Waals surface area contributed by atoms with Crippen LogP contribution in [0.25, 0.3) is 0 Å². The van der Waals surface area contributed by atoms with Gasteiger partial charge in [0.05, 0.1) is 5.92 Å². The van der Waals surface area contributed by atoms with E-state index in [1.807, 2.05) is 12.1 Å². The zero-order valence-corrected chi connectivity index (χ0v) is 17.2. The first-order chi connectivity index (χ1) is 12.6. The van der Waals surface area contributed by atoms with Crippen molar-refractivity contribution in [2.75, 3.05) is 24.5 Å². The molecule has 0 aliphatic carbocycles. The Bertz CT molecular complexity index is 635. The van der Waals surface area contributed by atoms with Crippen LogP contribution < -0.4 is 15.5 Å². The van der Waals surface area contributed by atoms with Gasteiger partial charge in [0.1, 0.15) is 0 Å². The monoisotopic (exact) mass is 393 g/mol. The van der Waals surface area contributed by atoms with E-state index in [9.17, 15) is 9.59 Å². The van der Waals surface area contributed by atoms with Gasteiger partial charge in [0, 0.05) is 24.7 Å². The number of anilines is 1. The molecule has 0 spiro atoms. The number of amides is 2. The molecule has 0 aromatic heterocycles. The minimum atomic E-state index is -0.246. The fraction of sp³-hybridized carbons (Fsp3) is 0.619. The summed E-state index contributed by atoms with van der Waals surface area (Å²) in [7, 11) is 0. The van der Waals surface area contributed by atoms with Crippen LogP contribution in [0.15, 0.2) is 24.3 Å². The van der Waals surface area contributed by atoms with Crippen LogP contribution in [0.4, 0.5) is 5.69 Å². The van der Waals surface area contributed by atoms with E-state index < -0.39 is 0 Å². The van der Waals surface area contributed by atoms with Crippen LogP contribution in [0.3, 0.4) is 0 Å². The first-order valence-corrected chi connectivity index (χ1v) is 9.99. The summed E-state index contributed by atoms with van der Waals surface area (Å²) >= 11 is 0. The van der Waals surface area contributed by atoms with Gasteiger partial charge in [0.25, 0.3) is 0 Å². The molecule has 150 valence electrons. The molecule has 6 heteroatoms. The lowest BCUT2D eigenvalue weighted by Crippen LogP contribution is -2.50. The number of aryl methyl sites for hydroxylation is 1. The Morgan fingerprint density at radius 1 is 1.30 bits per heavy atom. The predicted octanol–water partition coefficient (Wildman–Crippen LogP) is 2.92. The maximum absolute atomic E-state index is 12.6. The van der Waals surface area contributed by atoms with Gasteiger partial charge in [0.2, 0.25) is 11.8 Å². The van der Waals surface area contributed by atoms with Crippen LogP contribution in [-0.2, 0) is 16.0 Å². The molecule has 2 aliphatic heterocycles. The second-order valence-electron chi connectivity index (χ2n) is 7.76. The van der Waals surface area contributed by atoms with Gasteiger partial charge in [-0.3, -0.25) is 9.59 Å². The summed E-state index contributed by atoms with van der Waals surface area (Å²) in [6.07, 6.45) is 4.70. The molecule has 0 saturated carbocycles. The maximum Gasteiger partial charge on any atom is 0.227 e. The van der Waals surface area contributed by atoms with Crippen LogP contribution in [-0.4, -0.2) is 37.5 Å². The second kappa shape index (κ2) is 10.1. The highest BCUT2D eigenvalue weighted by atomic mass is 35.5. The standard InChI is InChI=1S/C21H31N3O2.ClH/c1-3-4-5-16-6-8-18(9-7-16)24-14-17(12-20(24)25)21(26)23-19-10-11-22-13-15(19)2;/h6-9,15,17,19,22H,3-5,10-14H2,1-2H3,(H,23,26);1H. The molecule has 2 fully saturated rings. The first kappa shape index (κ1) is 21.7. The quantitative estimate of drug-likeness (QED) is 0.781. The lowest BCUT2D eigenvalue weighted by molar-refractivity contribution is -0.127. The van der Waals surface area contributed by atoms with E-state index in [2.05, 4.69) is 36.6 Å². The third kappa shape index (κ3) is 5.45. The normalized spacial score (nSPS) is 25.2.